The Morgan fingerprint density at radius 1 is 0.968 bits per heavy atom. The van der Waals surface area contributed by atoms with Gasteiger partial charge in [0.05, 0.1) is 3.79 Å². The lowest BCUT2D eigenvalue weighted by Gasteiger charge is -2.26. The van der Waals surface area contributed by atoms with E-state index in [-0.39, 0.29) is 16.0 Å². The van der Waals surface area contributed by atoms with Crippen LogP contribution in [0.4, 0.5) is 5.69 Å². The molecular formula is C21H24BrN3O4S2. The predicted octanol–water partition coefficient (Wildman–Crippen LogP) is 3.93. The summed E-state index contributed by atoms with van der Waals surface area (Å²) in [4.78, 5) is 27.3. The molecule has 4 rings (SSSR count). The van der Waals surface area contributed by atoms with Gasteiger partial charge >= 0.3 is 0 Å². The highest BCUT2D eigenvalue weighted by Crippen LogP contribution is 2.32. The van der Waals surface area contributed by atoms with E-state index < -0.39 is 16.1 Å². The Morgan fingerprint density at radius 2 is 1.68 bits per heavy atom. The first kappa shape index (κ1) is 22.4. The predicted molar refractivity (Wildman–Crippen MR) is 124 cm³/mol. The Hall–Kier alpha value is -1.75. The molecule has 1 atom stereocenters. The second-order valence-electron chi connectivity index (χ2n) is 7.75. The van der Waals surface area contributed by atoms with Crippen LogP contribution in [0.5, 0.6) is 0 Å². The number of piperidine rings is 1. The Labute approximate surface area is 194 Å². The number of likely N-dealkylation sites (tertiary alicyclic amines) is 1. The van der Waals surface area contributed by atoms with E-state index in [0.29, 0.717) is 30.6 Å². The highest BCUT2D eigenvalue weighted by atomic mass is 79.9. The van der Waals surface area contributed by atoms with E-state index >= 15 is 0 Å². The molecule has 0 bridgehead atoms. The zero-order valence-corrected chi connectivity index (χ0v) is 20.1. The number of halogens is 1. The van der Waals surface area contributed by atoms with Crippen LogP contribution in [0, 0.1) is 0 Å². The molecule has 2 aliphatic heterocycles. The number of rotatable bonds is 5. The van der Waals surface area contributed by atoms with Gasteiger partial charge < -0.3 is 10.2 Å². The molecule has 166 valence electrons. The molecule has 1 aromatic heterocycles. The minimum absolute atomic E-state index is 0.00717. The molecule has 3 heterocycles. The number of hydrogen-bond acceptors (Lipinski definition) is 5. The van der Waals surface area contributed by atoms with Crippen LogP contribution in [-0.4, -0.2) is 55.1 Å². The fourth-order valence-corrected chi connectivity index (χ4v) is 7.84. The van der Waals surface area contributed by atoms with E-state index in [1.807, 2.05) is 4.90 Å². The number of benzene rings is 1. The first-order valence-corrected chi connectivity index (χ1v) is 13.4. The maximum atomic E-state index is 13.0. The smallest absolute Gasteiger partial charge is 0.253 e. The lowest BCUT2D eigenvalue weighted by molar-refractivity contribution is -0.119. The minimum Gasteiger partial charge on any atom is -0.339 e. The molecule has 2 aliphatic rings. The Balaban J connectivity index is 1.43. The highest BCUT2D eigenvalue weighted by molar-refractivity contribution is 9.11. The Kier molecular flexibility index (Phi) is 6.80. The number of hydrogen-bond donors (Lipinski definition) is 1. The largest absolute Gasteiger partial charge is 0.339 e. The van der Waals surface area contributed by atoms with Crippen LogP contribution in [0.25, 0.3) is 0 Å². The number of carbonyl (C=O) groups is 2. The summed E-state index contributed by atoms with van der Waals surface area (Å²) >= 11 is 4.43. The van der Waals surface area contributed by atoms with Crippen molar-refractivity contribution in [2.45, 2.75) is 42.4 Å². The molecule has 0 spiro atoms. The topological polar surface area (TPSA) is 86.8 Å². The second-order valence-corrected chi connectivity index (χ2v) is 12.3. The summed E-state index contributed by atoms with van der Waals surface area (Å²) in [5.74, 6) is -0.348. The Bertz CT molecular complexity index is 1060. The lowest BCUT2D eigenvalue weighted by Crippen LogP contribution is -2.42. The Morgan fingerprint density at radius 3 is 2.32 bits per heavy atom. The molecule has 1 unspecified atom stereocenters. The fraction of sp³-hybridized carbons (Fsp3) is 0.429. The van der Waals surface area contributed by atoms with E-state index in [0.717, 1.165) is 47.5 Å². The lowest BCUT2D eigenvalue weighted by atomic mass is 10.1. The normalized spacial score (nSPS) is 20.0. The van der Waals surface area contributed by atoms with Crippen molar-refractivity contribution in [3.63, 3.8) is 0 Å². The van der Waals surface area contributed by atoms with Crippen LogP contribution in [-0.2, 0) is 14.8 Å². The summed E-state index contributed by atoms with van der Waals surface area (Å²) in [6.45, 7) is 1.88. The van der Waals surface area contributed by atoms with Crippen molar-refractivity contribution in [2.24, 2.45) is 0 Å². The molecule has 0 aliphatic carbocycles. The third-order valence-corrected chi connectivity index (χ3v) is 9.66. The number of nitrogens with one attached hydrogen (secondary N) is 1. The van der Waals surface area contributed by atoms with Gasteiger partial charge in [0.1, 0.15) is 10.3 Å². The summed E-state index contributed by atoms with van der Waals surface area (Å²) in [6, 6.07) is 9.29. The average Bonchev–Trinajstić information content (AvgIpc) is 3.44. The zero-order chi connectivity index (χ0) is 22.0. The molecule has 1 aromatic carbocycles. The van der Waals surface area contributed by atoms with Crippen molar-refractivity contribution < 1.29 is 18.0 Å². The van der Waals surface area contributed by atoms with E-state index in [1.165, 1.54) is 4.31 Å². The van der Waals surface area contributed by atoms with Gasteiger partial charge in [-0.1, -0.05) is 0 Å². The van der Waals surface area contributed by atoms with Crippen molar-refractivity contribution in [3.8, 4) is 0 Å². The number of carbonyl (C=O) groups excluding carboxylic acids is 2. The van der Waals surface area contributed by atoms with Crippen LogP contribution < -0.4 is 5.32 Å². The number of nitrogens with zero attached hydrogens (tertiary/aromatic N) is 2. The minimum atomic E-state index is -3.72. The van der Waals surface area contributed by atoms with Crippen LogP contribution in [0.2, 0.25) is 0 Å². The number of sulfonamides is 1. The maximum absolute atomic E-state index is 13.0. The van der Waals surface area contributed by atoms with Crippen LogP contribution in [0.1, 0.15) is 42.5 Å². The van der Waals surface area contributed by atoms with Crippen LogP contribution in [0.3, 0.4) is 0 Å². The molecule has 2 saturated heterocycles. The summed E-state index contributed by atoms with van der Waals surface area (Å²) in [5.41, 5.74) is 1.14. The van der Waals surface area contributed by atoms with E-state index in [9.17, 15) is 18.0 Å². The van der Waals surface area contributed by atoms with Gasteiger partial charge in [-0.2, -0.15) is 4.31 Å². The molecule has 1 N–H and O–H groups in total. The van der Waals surface area contributed by atoms with Crippen LogP contribution in [0.15, 0.2) is 44.4 Å². The van der Waals surface area contributed by atoms with Crippen molar-refractivity contribution in [3.05, 3.63) is 45.7 Å². The molecule has 7 nitrogen and oxygen atoms in total. The zero-order valence-electron chi connectivity index (χ0n) is 16.9. The quantitative estimate of drug-likeness (QED) is 0.640. The summed E-state index contributed by atoms with van der Waals surface area (Å²) in [5, 5.41) is 2.81. The first-order valence-electron chi connectivity index (χ1n) is 10.3. The number of amides is 2. The van der Waals surface area contributed by atoms with Crippen molar-refractivity contribution >= 4 is 54.8 Å². The highest BCUT2D eigenvalue weighted by Gasteiger charge is 2.40. The molecule has 10 heteroatoms. The molecule has 2 amide bonds. The van der Waals surface area contributed by atoms with Gasteiger partial charge in [-0.25, -0.2) is 8.42 Å². The van der Waals surface area contributed by atoms with E-state index in [4.69, 9.17) is 0 Å². The fourth-order valence-electron chi connectivity index (χ4n) is 4.04. The van der Waals surface area contributed by atoms with Gasteiger partial charge in [-0.3, -0.25) is 9.59 Å². The van der Waals surface area contributed by atoms with Gasteiger partial charge in [0.2, 0.25) is 5.91 Å². The van der Waals surface area contributed by atoms with Gasteiger partial charge in [0.25, 0.3) is 15.9 Å². The van der Waals surface area contributed by atoms with Crippen molar-refractivity contribution in [2.75, 3.05) is 25.0 Å². The molecule has 0 radical (unpaired) electrons. The van der Waals surface area contributed by atoms with Crippen molar-refractivity contribution in [1.82, 2.24) is 9.21 Å². The molecule has 31 heavy (non-hydrogen) atoms. The van der Waals surface area contributed by atoms with Gasteiger partial charge in [-0.15, -0.1) is 11.3 Å². The summed E-state index contributed by atoms with van der Waals surface area (Å²) < 4.78 is 28.2. The van der Waals surface area contributed by atoms with E-state index in [1.54, 1.807) is 36.4 Å². The number of thiophene rings is 1. The second kappa shape index (κ2) is 9.40. The van der Waals surface area contributed by atoms with Crippen molar-refractivity contribution in [1.29, 1.82) is 0 Å². The van der Waals surface area contributed by atoms with Crippen LogP contribution >= 0.6 is 27.3 Å². The van der Waals surface area contributed by atoms with Gasteiger partial charge in [0, 0.05) is 30.9 Å². The van der Waals surface area contributed by atoms with Gasteiger partial charge in [-0.05, 0) is 84.4 Å². The summed E-state index contributed by atoms with van der Waals surface area (Å²) in [6.07, 6.45) is 4.33. The standard InChI is InChI=1S/C21H24BrN3O4S2/c22-18-10-11-19(30-18)31(28,29)25-14-4-5-17(25)20(26)23-16-8-6-15(7-9-16)21(27)24-12-2-1-3-13-24/h6-11,17H,1-5,12-14H2,(H,23,26). The van der Waals surface area contributed by atoms with Gasteiger partial charge in [0.15, 0.2) is 0 Å². The monoisotopic (exact) mass is 525 g/mol. The SMILES string of the molecule is O=C(Nc1ccc(C(=O)N2CCCCC2)cc1)C1CCCN1S(=O)(=O)c1ccc(Br)s1. The molecule has 0 saturated carbocycles. The third kappa shape index (κ3) is 4.87. The average molecular weight is 526 g/mol. The van der Waals surface area contributed by atoms with E-state index in [2.05, 4.69) is 21.2 Å². The molecule has 2 fully saturated rings. The number of anilines is 1. The summed E-state index contributed by atoms with van der Waals surface area (Å²) in [7, 11) is -3.72. The third-order valence-electron chi connectivity index (χ3n) is 5.66. The molecular weight excluding hydrogens is 502 g/mol. The maximum Gasteiger partial charge on any atom is 0.253 e. The first-order chi connectivity index (χ1) is 14.9. The molecule has 2 aromatic rings.